The van der Waals surface area contributed by atoms with Gasteiger partial charge >= 0.3 is 0 Å². The Kier molecular flexibility index (Phi) is 8.02. The lowest BCUT2D eigenvalue weighted by molar-refractivity contribution is 0.0997. The summed E-state index contributed by atoms with van der Waals surface area (Å²) in [7, 11) is -6.00. The molecule has 0 unspecified atom stereocenters. The van der Waals surface area contributed by atoms with Crippen LogP contribution in [-0.2, 0) is 31.3 Å². The van der Waals surface area contributed by atoms with E-state index in [1.807, 2.05) is 13.8 Å². The summed E-state index contributed by atoms with van der Waals surface area (Å²) in [6.45, 7) is 5.78. The fraction of sp³-hybridized carbons (Fsp3) is 0.417. The topological polar surface area (TPSA) is 141 Å². The number of ether oxygens (including phenoxy) is 1. The number of piperidine rings is 1. The molecule has 4 rings (SSSR count). The lowest BCUT2D eigenvalue weighted by Gasteiger charge is -2.34. The summed E-state index contributed by atoms with van der Waals surface area (Å²) in [6.07, 6.45) is 0.992. The number of carbonyl (C=O) groups is 1. The Balaban J connectivity index is 1.66. The van der Waals surface area contributed by atoms with Crippen molar-refractivity contribution in [1.29, 1.82) is 0 Å². The number of hydrogen-bond donors (Lipinski definition) is 1. The maximum absolute atomic E-state index is 13.1. The van der Waals surface area contributed by atoms with Crippen LogP contribution < -0.4 is 9.94 Å². The summed E-state index contributed by atoms with van der Waals surface area (Å²) in [5.74, 6) is 0.0178. The number of nitrogens with zero attached hydrogens (tertiary/aromatic N) is 3. The van der Waals surface area contributed by atoms with Gasteiger partial charge in [-0.15, -0.1) is 0 Å². The van der Waals surface area contributed by atoms with E-state index in [1.165, 1.54) is 40.7 Å². The third kappa shape index (κ3) is 6.02. The minimum atomic E-state index is -3.89. The molecule has 1 aliphatic heterocycles. The van der Waals surface area contributed by atoms with Crippen LogP contribution in [0.5, 0.6) is 0 Å². The van der Waals surface area contributed by atoms with Crippen LogP contribution >= 0.6 is 11.3 Å². The average molecular weight is 567 g/mol. The maximum atomic E-state index is 13.1. The molecule has 0 bridgehead atoms. The molecular formula is C24H30N4O6S3. The quantitative estimate of drug-likeness (QED) is 0.466. The fourth-order valence-corrected chi connectivity index (χ4v) is 7.97. The number of rotatable bonds is 7. The summed E-state index contributed by atoms with van der Waals surface area (Å²) >= 11 is 1.15. The molecule has 13 heteroatoms. The first-order chi connectivity index (χ1) is 17.4. The number of benzene rings is 2. The molecule has 0 radical (unpaired) electrons. The first-order valence-corrected chi connectivity index (χ1v) is 15.5. The highest BCUT2D eigenvalue weighted by molar-refractivity contribution is 7.89. The summed E-state index contributed by atoms with van der Waals surface area (Å²) in [4.78, 5) is 17.7. The molecule has 2 atom stereocenters. The second kappa shape index (κ2) is 10.8. The van der Waals surface area contributed by atoms with Crippen LogP contribution in [-0.4, -0.2) is 58.4 Å². The molecule has 1 aliphatic rings. The second-order valence-electron chi connectivity index (χ2n) is 9.41. The second-order valence-corrected chi connectivity index (χ2v) is 13.9. The molecule has 0 aliphatic carbocycles. The van der Waals surface area contributed by atoms with E-state index in [9.17, 15) is 21.6 Å². The zero-order valence-electron chi connectivity index (χ0n) is 20.8. The van der Waals surface area contributed by atoms with Crippen molar-refractivity contribution in [3.8, 4) is 0 Å². The first kappa shape index (κ1) is 27.6. The summed E-state index contributed by atoms with van der Waals surface area (Å²) in [5.41, 5.74) is 0.924. The third-order valence-electron chi connectivity index (χ3n) is 6.27. The molecule has 200 valence electrons. The molecule has 1 aromatic heterocycles. The Morgan fingerprint density at radius 2 is 1.68 bits per heavy atom. The molecule has 0 spiro atoms. The highest BCUT2D eigenvalue weighted by atomic mass is 32.2. The van der Waals surface area contributed by atoms with E-state index < -0.39 is 26.0 Å². The van der Waals surface area contributed by atoms with Crippen molar-refractivity contribution < 1.29 is 26.4 Å². The smallest absolute Gasteiger partial charge is 0.279 e. The first-order valence-electron chi connectivity index (χ1n) is 11.7. The minimum absolute atomic E-state index is 0.0349. The van der Waals surface area contributed by atoms with Crippen LogP contribution in [0.25, 0.3) is 10.2 Å². The Morgan fingerprint density at radius 3 is 2.27 bits per heavy atom. The number of methoxy groups -OCH3 is 1. The van der Waals surface area contributed by atoms with E-state index in [2.05, 4.69) is 4.99 Å². The van der Waals surface area contributed by atoms with Gasteiger partial charge in [0, 0.05) is 32.3 Å². The van der Waals surface area contributed by atoms with Gasteiger partial charge in [-0.2, -0.15) is 9.30 Å². The van der Waals surface area contributed by atoms with Gasteiger partial charge in [0.05, 0.1) is 26.6 Å². The molecule has 37 heavy (non-hydrogen) atoms. The molecule has 0 saturated carbocycles. The van der Waals surface area contributed by atoms with Crippen LogP contribution in [0.1, 0.15) is 30.6 Å². The number of aromatic nitrogens is 1. The van der Waals surface area contributed by atoms with E-state index >= 15 is 0 Å². The fourth-order valence-electron chi connectivity index (χ4n) is 4.59. The summed E-state index contributed by atoms with van der Waals surface area (Å²) in [6, 6.07) is 10.3. The van der Waals surface area contributed by atoms with E-state index in [0.29, 0.717) is 41.3 Å². The largest absolute Gasteiger partial charge is 0.383 e. The van der Waals surface area contributed by atoms with Gasteiger partial charge in [0.1, 0.15) is 0 Å². The SMILES string of the molecule is COCCn1c(=NC(=O)c2ccc(S(=O)(=O)N3C[C@H](C)C[C@@H](C)C3)cc2)sc2cc(S(N)(=O)=O)ccc21. The van der Waals surface area contributed by atoms with Gasteiger partial charge in [-0.25, -0.2) is 22.0 Å². The lowest BCUT2D eigenvalue weighted by atomic mass is 9.94. The molecular weight excluding hydrogens is 536 g/mol. The van der Waals surface area contributed by atoms with Gasteiger partial charge in [-0.1, -0.05) is 25.2 Å². The van der Waals surface area contributed by atoms with Crippen molar-refractivity contribution in [2.24, 2.45) is 22.0 Å². The number of nitrogens with two attached hydrogens (primary N) is 1. The highest BCUT2D eigenvalue weighted by Gasteiger charge is 2.31. The lowest BCUT2D eigenvalue weighted by Crippen LogP contribution is -2.42. The van der Waals surface area contributed by atoms with Gasteiger partial charge in [0.25, 0.3) is 5.91 Å². The number of sulfonamides is 2. The Morgan fingerprint density at radius 1 is 1.05 bits per heavy atom. The number of fused-ring (bicyclic) bond motifs is 1. The molecule has 3 aromatic rings. The Hall–Kier alpha value is -2.42. The average Bonchev–Trinajstić information content (AvgIpc) is 3.17. The van der Waals surface area contributed by atoms with Crippen LogP contribution in [0.2, 0.25) is 0 Å². The van der Waals surface area contributed by atoms with Crippen molar-refractivity contribution in [3.05, 3.63) is 52.8 Å². The van der Waals surface area contributed by atoms with Crippen molar-refractivity contribution in [3.63, 3.8) is 0 Å². The van der Waals surface area contributed by atoms with Crippen LogP contribution in [0.15, 0.2) is 57.2 Å². The predicted octanol–water partition coefficient (Wildman–Crippen LogP) is 2.40. The minimum Gasteiger partial charge on any atom is -0.383 e. The molecule has 2 aromatic carbocycles. The monoisotopic (exact) mass is 566 g/mol. The number of thiazole rings is 1. The van der Waals surface area contributed by atoms with Crippen LogP contribution in [0, 0.1) is 11.8 Å². The number of primary sulfonamides is 1. The number of hydrogen-bond acceptors (Lipinski definition) is 7. The molecule has 1 saturated heterocycles. The van der Waals surface area contributed by atoms with Crippen molar-refractivity contribution in [2.75, 3.05) is 26.8 Å². The van der Waals surface area contributed by atoms with Gasteiger partial charge in [0.2, 0.25) is 20.0 Å². The van der Waals surface area contributed by atoms with E-state index in [0.717, 1.165) is 17.8 Å². The normalized spacial score (nSPS) is 19.9. The maximum Gasteiger partial charge on any atom is 0.279 e. The van der Waals surface area contributed by atoms with Crippen LogP contribution in [0.3, 0.4) is 0 Å². The Bertz CT molecular complexity index is 1580. The van der Waals surface area contributed by atoms with E-state index in [4.69, 9.17) is 9.88 Å². The van der Waals surface area contributed by atoms with Gasteiger partial charge in [0.15, 0.2) is 4.80 Å². The Labute approximate surface area is 220 Å². The standard InChI is InChI=1S/C24H30N4O6S3/c1-16-12-17(2)15-27(14-16)37(32,33)19-6-4-18(5-7-19)23(29)26-24-28(10-11-34-3)21-9-8-20(36(25,30)31)13-22(21)35-24/h4-9,13,16-17H,10-12,14-15H2,1-3H3,(H2,25,30,31)/t16-,17-/m1/s1. The van der Waals surface area contributed by atoms with Gasteiger partial charge < -0.3 is 9.30 Å². The van der Waals surface area contributed by atoms with Crippen molar-refractivity contribution in [1.82, 2.24) is 8.87 Å². The zero-order valence-corrected chi connectivity index (χ0v) is 23.3. The zero-order chi connectivity index (χ0) is 27.0. The summed E-state index contributed by atoms with van der Waals surface area (Å²) in [5, 5.41) is 5.26. The van der Waals surface area contributed by atoms with Crippen molar-refractivity contribution in [2.45, 2.75) is 36.6 Å². The number of carbonyl (C=O) groups excluding carboxylic acids is 1. The summed E-state index contributed by atoms with van der Waals surface area (Å²) < 4.78 is 58.9. The van der Waals surface area contributed by atoms with E-state index in [1.54, 1.807) is 17.7 Å². The van der Waals surface area contributed by atoms with E-state index in [-0.39, 0.29) is 27.2 Å². The van der Waals surface area contributed by atoms with Crippen molar-refractivity contribution >= 4 is 47.5 Å². The third-order valence-corrected chi connectivity index (χ3v) is 10.1. The van der Waals surface area contributed by atoms with Crippen LogP contribution in [0.4, 0.5) is 0 Å². The molecule has 1 fully saturated rings. The molecule has 2 N–H and O–H groups in total. The van der Waals surface area contributed by atoms with Gasteiger partial charge in [-0.05, 0) is 60.7 Å². The van der Waals surface area contributed by atoms with Gasteiger partial charge in [-0.3, -0.25) is 4.79 Å². The molecule has 1 amide bonds. The highest BCUT2D eigenvalue weighted by Crippen LogP contribution is 2.27. The molecule has 10 nitrogen and oxygen atoms in total. The number of amides is 1. The predicted molar refractivity (Wildman–Crippen MR) is 141 cm³/mol. The molecule has 2 heterocycles.